The Bertz CT molecular complexity index is 454. The summed E-state index contributed by atoms with van der Waals surface area (Å²) in [6.45, 7) is 0.121. The normalized spacial score (nSPS) is 10.2. The molecule has 1 amide bonds. The fourth-order valence-electron chi connectivity index (χ4n) is 0.882. The van der Waals surface area contributed by atoms with Crippen molar-refractivity contribution in [2.24, 2.45) is 0 Å². The second-order valence-corrected chi connectivity index (χ2v) is 4.30. The van der Waals surface area contributed by atoms with E-state index < -0.39 is 0 Å². The number of hydrogen-bond acceptors (Lipinski definition) is 6. The monoisotopic (exact) mass is 336 g/mol. The second kappa shape index (κ2) is 4.61. The van der Waals surface area contributed by atoms with Crippen LogP contribution in [0.5, 0.6) is 0 Å². The molecule has 78 valence electrons. The van der Waals surface area contributed by atoms with Crippen LogP contribution in [0.15, 0.2) is 11.8 Å². The minimum Gasteiger partial charge on any atom is -0.299 e. The molecule has 7 nitrogen and oxygen atoms in total. The van der Waals surface area contributed by atoms with Crippen molar-refractivity contribution in [1.29, 1.82) is 0 Å². The Balaban J connectivity index is 1.93. The lowest BCUT2D eigenvalue weighted by Crippen LogP contribution is -2.19. The molecule has 0 saturated heterocycles. The zero-order chi connectivity index (χ0) is 10.7. The summed E-state index contributed by atoms with van der Waals surface area (Å²) in [5, 5.41) is 14.4. The maximum Gasteiger partial charge on any atom is 0.247 e. The summed E-state index contributed by atoms with van der Waals surface area (Å²) in [6.07, 6.45) is 1.50. The summed E-state index contributed by atoms with van der Waals surface area (Å²) < 4.78 is 2.06. The summed E-state index contributed by atoms with van der Waals surface area (Å²) in [4.78, 5) is 15.3. The molecule has 0 atom stereocenters. The van der Waals surface area contributed by atoms with Crippen LogP contribution in [0.3, 0.4) is 0 Å². The van der Waals surface area contributed by atoms with Crippen LogP contribution in [-0.4, -0.2) is 30.9 Å². The Morgan fingerprint density at radius 2 is 2.53 bits per heavy atom. The van der Waals surface area contributed by atoms with Gasteiger partial charge in [-0.25, -0.2) is 9.67 Å². The van der Waals surface area contributed by atoms with E-state index in [1.807, 2.05) is 22.6 Å². The van der Waals surface area contributed by atoms with Gasteiger partial charge < -0.3 is 0 Å². The molecule has 0 saturated carbocycles. The first kappa shape index (κ1) is 10.4. The van der Waals surface area contributed by atoms with Crippen molar-refractivity contribution in [1.82, 2.24) is 25.0 Å². The van der Waals surface area contributed by atoms with Crippen LogP contribution in [-0.2, 0) is 11.3 Å². The molecule has 0 unspecified atom stereocenters. The van der Waals surface area contributed by atoms with Gasteiger partial charge in [0.05, 0.1) is 0 Å². The van der Waals surface area contributed by atoms with E-state index in [1.165, 1.54) is 22.3 Å². The fourth-order valence-corrected chi connectivity index (χ4v) is 1.74. The summed E-state index contributed by atoms with van der Waals surface area (Å²) in [6, 6.07) is 0. The first-order valence-electron chi connectivity index (χ1n) is 3.85. The van der Waals surface area contributed by atoms with Crippen LogP contribution < -0.4 is 5.32 Å². The molecule has 15 heavy (non-hydrogen) atoms. The van der Waals surface area contributed by atoms with Crippen LogP contribution in [0.25, 0.3) is 0 Å². The highest BCUT2D eigenvalue weighted by Gasteiger charge is 2.06. The Labute approximate surface area is 102 Å². The number of nitrogens with one attached hydrogen (secondary N) is 1. The van der Waals surface area contributed by atoms with Gasteiger partial charge in [0.25, 0.3) is 0 Å². The molecule has 2 aromatic rings. The molecule has 9 heteroatoms. The Morgan fingerprint density at radius 1 is 1.67 bits per heavy atom. The van der Waals surface area contributed by atoms with Crippen molar-refractivity contribution in [3.63, 3.8) is 0 Å². The van der Waals surface area contributed by atoms with E-state index in [0.29, 0.717) is 8.96 Å². The smallest absolute Gasteiger partial charge is 0.247 e. The molecule has 0 bridgehead atoms. The minimum absolute atomic E-state index is 0.121. The van der Waals surface area contributed by atoms with Crippen LogP contribution in [0, 0.1) is 3.83 Å². The zero-order valence-corrected chi connectivity index (χ0v) is 10.3. The maximum atomic E-state index is 11.4. The van der Waals surface area contributed by atoms with E-state index in [2.05, 4.69) is 25.6 Å². The first-order valence-corrected chi connectivity index (χ1v) is 5.81. The van der Waals surface area contributed by atoms with E-state index in [4.69, 9.17) is 0 Å². The number of amides is 1. The van der Waals surface area contributed by atoms with E-state index >= 15 is 0 Å². The van der Waals surface area contributed by atoms with Crippen molar-refractivity contribution < 1.29 is 4.79 Å². The highest BCUT2D eigenvalue weighted by Crippen LogP contribution is 2.07. The van der Waals surface area contributed by atoms with Crippen LogP contribution >= 0.6 is 33.9 Å². The molecule has 0 spiro atoms. The number of nitrogens with zero attached hydrogens (tertiary/aromatic N) is 5. The molecule has 0 radical (unpaired) electrons. The SMILES string of the molecule is O=C(Cn1cnc(I)n1)Nc1nncs1. The predicted molar refractivity (Wildman–Crippen MR) is 61.3 cm³/mol. The summed E-state index contributed by atoms with van der Waals surface area (Å²) >= 11 is 3.24. The van der Waals surface area contributed by atoms with Crippen molar-refractivity contribution in [3.05, 3.63) is 15.7 Å². The van der Waals surface area contributed by atoms with Crippen molar-refractivity contribution in [2.45, 2.75) is 6.54 Å². The van der Waals surface area contributed by atoms with Gasteiger partial charge in [-0.2, -0.15) is 0 Å². The molecule has 2 rings (SSSR count). The number of rotatable bonds is 3. The van der Waals surface area contributed by atoms with Gasteiger partial charge >= 0.3 is 0 Å². The van der Waals surface area contributed by atoms with Crippen molar-refractivity contribution >= 4 is 45.0 Å². The standard InChI is InChI=1S/C6H5IN6OS/c7-5-8-2-13(12-5)1-4(14)10-6-11-9-3-15-6/h2-3H,1H2,(H,10,11,14). The van der Waals surface area contributed by atoms with Gasteiger partial charge in [0.15, 0.2) is 0 Å². The largest absolute Gasteiger partial charge is 0.299 e. The summed E-state index contributed by atoms with van der Waals surface area (Å²) in [7, 11) is 0. The van der Waals surface area contributed by atoms with Crippen molar-refractivity contribution in [3.8, 4) is 0 Å². The second-order valence-electron chi connectivity index (χ2n) is 2.50. The third-order valence-corrected chi connectivity index (χ3v) is 2.52. The molecule has 0 fully saturated rings. The lowest BCUT2D eigenvalue weighted by Gasteiger charge is -1.99. The number of anilines is 1. The van der Waals surface area contributed by atoms with Crippen LogP contribution in [0.4, 0.5) is 5.13 Å². The van der Waals surface area contributed by atoms with Crippen LogP contribution in [0.1, 0.15) is 0 Å². The van der Waals surface area contributed by atoms with E-state index in [-0.39, 0.29) is 12.5 Å². The zero-order valence-electron chi connectivity index (χ0n) is 7.29. The first-order chi connectivity index (χ1) is 7.24. The highest BCUT2D eigenvalue weighted by atomic mass is 127. The number of halogens is 1. The van der Waals surface area contributed by atoms with Crippen molar-refractivity contribution in [2.75, 3.05) is 5.32 Å². The quantitative estimate of drug-likeness (QED) is 0.819. The maximum absolute atomic E-state index is 11.4. The molecule has 2 heterocycles. The topological polar surface area (TPSA) is 85.6 Å². The van der Waals surface area contributed by atoms with Gasteiger partial charge in [0.1, 0.15) is 18.4 Å². The molecule has 0 aromatic carbocycles. The number of hydrogen-bond donors (Lipinski definition) is 1. The third-order valence-electron chi connectivity index (χ3n) is 1.42. The fraction of sp³-hybridized carbons (Fsp3) is 0.167. The van der Waals surface area contributed by atoms with Gasteiger partial charge in [0, 0.05) is 22.6 Å². The van der Waals surface area contributed by atoms with Gasteiger partial charge in [0.2, 0.25) is 14.9 Å². The minimum atomic E-state index is -0.201. The molecule has 1 N–H and O–H groups in total. The molecule has 0 aliphatic rings. The van der Waals surface area contributed by atoms with E-state index in [0.717, 1.165) is 0 Å². The van der Waals surface area contributed by atoms with Gasteiger partial charge in [-0.3, -0.25) is 10.1 Å². The van der Waals surface area contributed by atoms with Crippen LogP contribution in [0.2, 0.25) is 0 Å². The van der Waals surface area contributed by atoms with E-state index in [9.17, 15) is 4.79 Å². The third kappa shape index (κ3) is 2.92. The lowest BCUT2D eigenvalue weighted by atomic mass is 10.6. The average Bonchev–Trinajstić information content (AvgIpc) is 2.77. The van der Waals surface area contributed by atoms with E-state index in [1.54, 1.807) is 5.51 Å². The molecule has 2 aromatic heterocycles. The lowest BCUT2D eigenvalue weighted by molar-refractivity contribution is -0.116. The molecular formula is C6H5IN6OS. The van der Waals surface area contributed by atoms with Gasteiger partial charge in [-0.1, -0.05) is 11.3 Å². The summed E-state index contributed by atoms with van der Waals surface area (Å²) in [5.74, 6) is -0.201. The number of aromatic nitrogens is 5. The average molecular weight is 336 g/mol. The Hall–Kier alpha value is -1.10. The number of carbonyl (C=O) groups excluding carboxylic acids is 1. The Kier molecular flexibility index (Phi) is 3.20. The summed E-state index contributed by atoms with van der Waals surface area (Å²) in [5.41, 5.74) is 1.55. The molecule has 0 aliphatic heterocycles. The van der Waals surface area contributed by atoms with Gasteiger partial charge in [-0.05, 0) is 0 Å². The number of carbonyl (C=O) groups is 1. The highest BCUT2D eigenvalue weighted by molar-refractivity contribution is 14.1. The Morgan fingerprint density at radius 3 is 3.13 bits per heavy atom. The van der Waals surface area contributed by atoms with Gasteiger partial charge in [-0.15, -0.1) is 15.3 Å². The molecular weight excluding hydrogens is 331 g/mol. The molecule has 0 aliphatic carbocycles. The predicted octanol–water partition coefficient (Wildman–Crippen LogP) is 0.373.